The molecule has 5 nitrogen and oxygen atoms in total. The van der Waals surface area contributed by atoms with E-state index in [9.17, 15) is 30.4 Å². The van der Waals surface area contributed by atoms with Gasteiger partial charge >= 0.3 is 6.18 Å². The molecule has 0 aliphatic carbocycles. The SMILES string of the molecule is CCNC(=NCc1ccc(F)cc1C(F)(F)F)NCCS(=O)(=O)c1ccccc1F.I. The predicted octanol–water partition coefficient (Wildman–Crippen LogP) is 4.13. The minimum absolute atomic E-state index is 0. The largest absolute Gasteiger partial charge is 0.416 e. The first kappa shape index (κ1) is 27.1. The van der Waals surface area contributed by atoms with Crippen LogP contribution >= 0.6 is 24.0 Å². The summed E-state index contributed by atoms with van der Waals surface area (Å²) in [5.41, 5.74) is -1.37. The third-order valence-corrected chi connectivity index (χ3v) is 5.71. The van der Waals surface area contributed by atoms with Crippen molar-refractivity contribution in [1.82, 2.24) is 10.6 Å². The molecule has 0 aliphatic rings. The van der Waals surface area contributed by atoms with Crippen LogP contribution in [0.4, 0.5) is 22.0 Å². The first-order chi connectivity index (χ1) is 14.0. The number of hydrogen-bond acceptors (Lipinski definition) is 3. The van der Waals surface area contributed by atoms with E-state index in [1.165, 1.54) is 12.1 Å². The lowest BCUT2D eigenvalue weighted by Crippen LogP contribution is -2.39. The molecule has 2 aromatic carbocycles. The Balaban J connectivity index is 0.00000480. The quantitative estimate of drug-likeness (QED) is 0.225. The van der Waals surface area contributed by atoms with Crippen molar-refractivity contribution < 1.29 is 30.4 Å². The second-order valence-corrected chi connectivity index (χ2v) is 8.25. The molecule has 0 radical (unpaired) electrons. The van der Waals surface area contributed by atoms with Crippen LogP contribution in [0.3, 0.4) is 0 Å². The molecule has 2 rings (SSSR count). The molecule has 0 spiro atoms. The minimum atomic E-state index is -4.74. The highest BCUT2D eigenvalue weighted by Crippen LogP contribution is 2.32. The molecule has 12 heteroatoms. The summed E-state index contributed by atoms with van der Waals surface area (Å²) in [6.07, 6.45) is -4.74. The Kier molecular flexibility index (Phi) is 10.1. The Morgan fingerprint density at radius 2 is 1.74 bits per heavy atom. The Morgan fingerprint density at radius 3 is 2.35 bits per heavy atom. The van der Waals surface area contributed by atoms with Gasteiger partial charge in [-0.2, -0.15) is 13.2 Å². The van der Waals surface area contributed by atoms with Gasteiger partial charge in [0.05, 0.1) is 17.9 Å². The molecule has 0 aromatic heterocycles. The summed E-state index contributed by atoms with van der Waals surface area (Å²) >= 11 is 0. The molecule has 172 valence electrons. The highest BCUT2D eigenvalue weighted by atomic mass is 127. The lowest BCUT2D eigenvalue weighted by Gasteiger charge is -2.14. The molecular formula is C19H21F5IN3O2S. The smallest absolute Gasteiger partial charge is 0.357 e. The third kappa shape index (κ3) is 7.91. The number of nitrogens with one attached hydrogen (secondary N) is 2. The second kappa shape index (κ2) is 11.6. The first-order valence-corrected chi connectivity index (χ1v) is 10.5. The fourth-order valence-electron chi connectivity index (χ4n) is 2.57. The van der Waals surface area contributed by atoms with Crippen LogP contribution in [0.2, 0.25) is 0 Å². The molecule has 0 unspecified atom stereocenters. The summed E-state index contributed by atoms with van der Waals surface area (Å²) in [6, 6.07) is 7.24. The Hall–Kier alpha value is -1.96. The molecule has 0 amide bonds. The molecule has 0 heterocycles. The number of hydrogen-bond donors (Lipinski definition) is 2. The van der Waals surface area contributed by atoms with Crippen LogP contribution in [0, 0.1) is 11.6 Å². The van der Waals surface area contributed by atoms with Crippen LogP contribution in [0.15, 0.2) is 52.4 Å². The van der Waals surface area contributed by atoms with E-state index in [0.29, 0.717) is 12.6 Å². The maximum absolute atomic E-state index is 13.7. The fourth-order valence-corrected chi connectivity index (χ4v) is 3.81. The average molecular weight is 577 g/mol. The average Bonchev–Trinajstić information content (AvgIpc) is 2.66. The van der Waals surface area contributed by atoms with Crippen LogP contribution in [0.5, 0.6) is 0 Å². The molecule has 0 fully saturated rings. The summed E-state index contributed by atoms with van der Waals surface area (Å²) < 4.78 is 90.7. The lowest BCUT2D eigenvalue weighted by molar-refractivity contribution is -0.138. The van der Waals surface area contributed by atoms with Gasteiger partial charge in [0.15, 0.2) is 15.8 Å². The van der Waals surface area contributed by atoms with Crippen molar-refractivity contribution in [2.45, 2.75) is 24.5 Å². The van der Waals surface area contributed by atoms with Gasteiger partial charge in [0.1, 0.15) is 16.5 Å². The Bertz CT molecular complexity index is 1010. The normalized spacial score (nSPS) is 12.3. The number of nitrogens with zero attached hydrogens (tertiary/aromatic N) is 1. The van der Waals surface area contributed by atoms with Crippen LogP contribution in [-0.4, -0.2) is 33.2 Å². The van der Waals surface area contributed by atoms with E-state index in [1.54, 1.807) is 6.92 Å². The summed E-state index contributed by atoms with van der Waals surface area (Å²) in [4.78, 5) is 3.57. The van der Waals surface area contributed by atoms with Crippen LogP contribution in [-0.2, 0) is 22.6 Å². The number of benzene rings is 2. The van der Waals surface area contributed by atoms with Gasteiger partial charge in [0, 0.05) is 13.1 Å². The van der Waals surface area contributed by atoms with E-state index >= 15 is 0 Å². The number of halogens is 6. The molecule has 2 N–H and O–H groups in total. The van der Waals surface area contributed by atoms with Crippen LogP contribution in [0.1, 0.15) is 18.1 Å². The number of guanidine groups is 1. The summed E-state index contributed by atoms with van der Waals surface area (Å²) in [5, 5.41) is 5.46. The topological polar surface area (TPSA) is 70.6 Å². The van der Waals surface area contributed by atoms with Crippen LogP contribution < -0.4 is 10.6 Å². The van der Waals surface area contributed by atoms with Crippen molar-refractivity contribution in [2.75, 3.05) is 18.8 Å². The molecule has 0 atom stereocenters. The standard InChI is InChI=1S/C19H20F5N3O2S.HI/c1-2-25-18(26-9-10-30(28,29)17-6-4-3-5-16(17)21)27-12-13-7-8-14(20)11-15(13)19(22,23)24;/h3-8,11H,2,9-10,12H2,1H3,(H2,25,26,27);1H. The molecule has 31 heavy (non-hydrogen) atoms. The minimum Gasteiger partial charge on any atom is -0.357 e. The van der Waals surface area contributed by atoms with Gasteiger partial charge in [-0.1, -0.05) is 18.2 Å². The van der Waals surface area contributed by atoms with Gasteiger partial charge in [-0.25, -0.2) is 22.2 Å². The maximum Gasteiger partial charge on any atom is 0.416 e. The molecule has 2 aromatic rings. The number of rotatable bonds is 7. The van der Waals surface area contributed by atoms with Crippen molar-refractivity contribution in [3.63, 3.8) is 0 Å². The van der Waals surface area contributed by atoms with Crippen molar-refractivity contribution in [3.8, 4) is 0 Å². The van der Waals surface area contributed by atoms with Gasteiger partial charge in [-0.3, -0.25) is 0 Å². The zero-order valence-corrected chi connectivity index (χ0v) is 19.5. The van der Waals surface area contributed by atoms with E-state index < -0.39 is 50.4 Å². The van der Waals surface area contributed by atoms with Crippen molar-refractivity contribution in [2.24, 2.45) is 4.99 Å². The van der Waals surface area contributed by atoms with E-state index in [4.69, 9.17) is 0 Å². The third-order valence-electron chi connectivity index (χ3n) is 3.96. The lowest BCUT2D eigenvalue weighted by atomic mass is 10.1. The molecule has 0 saturated heterocycles. The van der Waals surface area contributed by atoms with E-state index in [2.05, 4.69) is 15.6 Å². The zero-order valence-electron chi connectivity index (χ0n) is 16.3. The number of alkyl halides is 3. The van der Waals surface area contributed by atoms with Gasteiger partial charge < -0.3 is 10.6 Å². The van der Waals surface area contributed by atoms with Gasteiger partial charge in [0.25, 0.3) is 0 Å². The van der Waals surface area contributed by atoms with Crippen molar-refractivity contribution in [1.29, 1.82) is 0 Å². The monoisotopic (exact) mass is 577 g/mol. The van der Waals surface area contributed by atoms with Crippen molar-refractivity contribution in [3.05, 3.63) is 65.2 Å². The maximum atomic E-state index is 13.7. The first-order valence-electron chi connectivity index (χ1n) is 8.89. The van der Waals surface area contributed by atoms with Crippen LogP contribution in [0.25, 0.3) is 0 Å². The molecule has 0 saturated carbocycles. The van der Waals surface area contributed by atoms with Crippen molar-refractivity contribution >= 4 is 39.8 Å². The molecule has 0 aliphatic heterocycles. The molecule has 0 bridgehead atoms. The number of aliphatic imine (C=N–C) groups is 1. The van der Waals surface area contributed by atoms with E-state index in [1.807, 2.05) is 0 Å². The summed E-state index contributed by atoms with van der Waals surface area (Å²) in [7, 11) is -3.91. The number of sulfone groups is 1. The Morgan fingerprint density at radius 1 is 1.06 bits per heavy atom. The van der Waals surface area contributed by atoms with Gasteiger partial charge in [-0.05, 0) is 36.8 Å². The summed E-state index contributed by atoms with van der Waals surface area (Å²) in [5.74, 6) is -2.27. The molecular weight excluding hydrogens is 556 g/mol. The van der Waals surface area contributed by atoms with E-state index in [0.717, 1.165) is 24.3 Å². The predicted molar refractivity (Wildman–Crippen MR) is 118 cm³/mol. The summed E-state index contributed by atoms with van der Waals surface area (Å²) in [6.45, 7) is 1.51. The van der Waals surface area contributed by atoms with Gasteiger partial charge in [0.2, 0.25) is 0 Å². The highest BCUT2D eigenvalue weighted by Gasteiger charge is 2.33. The second-order valence-electron chi connectivity index (χ2n) is 6.17. The Labute approximate surface area is 194 Å². The highest BCUT2D eigenvalue weighted by molar-refractivity contribution is 14.0. The zero-order chi connectivity index (χ0) is 22.4. The fraction of sp³-hybridized carbons (Fsp3) is 0.316. The van der Waals surface area contributed by atoms with Gasteiger partial charge in [-0.15, -0.1) is 24.0 Å². The van der Waals surface area contributed by atoms with E-state index in [-0.39, 0.29) is 42.0 Å².